The molecule has 0 saturated carbocycles. The van der Waals surface area contributed by atoms with E-state index >= 15 is 0 Å². The lowest BCUT2D eigenvalue weighted by atomic mass is 9.95. The van der Waals surface area contributed by atoms with Gasteiger partial charge in [-0.3, -0.25) is 28.9 Å². The second-order valence-electron chi connectivity index (χ2n) is 22.8. The Kier molecular flexibility index (Phi) is 22.8. The third-order valence-corrected chi connectivity index (χ3v) is 11.5. The number of rotatable bonds is 18. The van der Waals surface area contributed by atoms with E-state index < -0.39 is 119 Å². The molecule has 12 N–H and O–H groups in total. The standard InChI is InChI=1S/C53H81N9O15/c1-50(2,3)62(49(73)74)34(15-13-23-55-46(70)75-51(4,5)6)29-57-42(66)36(19-22-41(54)65)59-44(68)37-27-32-25-30(17-20-39(32)63)31-18-21-40(64)33(26-31)28-38(61-48(72)77-53(10,11)12)45(69)58-35(43(67)60-37)16-14-24-56-47(71)76-52(7,8)9/h17-18,20-21,25-26,34-38,63-64H,13-16,19,22-24,27-29H2,1-12H3,(H2,54,65)(H,55,70)(H,56,71)(H,57,66)(H,58,69)(H,59,68)(H,60,67)(H,61,72)(H,73,74)/t34-,35-,36-,37-,38-/m0/s1. The predicted molar refractivity (Wildman–Crippen MR) is 283 cm³/mol. The minimum atomic E-state index is -1.63. The zero-order chi connectivity index (χ0) is 58.2. The van der Waals surface area contributed by atoms with Crippen LogP contribution in [0.4, 0.5) is 19.2 Å². The van der Waals surface area contributed by atoms with Crippen molar-refractivity contribution in [3.05, 3.63) is 47.5 Å². The summed E-state index contributed by atoms with van der Waals surface area (Å²) in [5, 5.41) is 51.0. The maximum atomic E-state index is 14.7. The number of phenols is 2. The van der Waals surface area contributed by atoms with Crippen LogP contribution in [0, 0.1) is 0 Å². The SMILES string of the molecule is CC(C)(C)OC(=O)NCCC[C@@H](CNC(=O)[C@H](CCC(N)=O)NC(=O)[C@@H]1Cc2cc(ccc2O)-c2ccc(O)c(c2)C[C@H](NC(=O)OC(C)(C)C)C(=O)N[C@@H](CCCNC(=O)OC(C)(C)C)C(=O)N1)N(C(=O)O)C(C)(C)C. The van der Waals surface area contributed by atoms with E-state index in [1.165, 1.54) is 12.1 Å². The molecule has 9 amide bonds. The molecular weight excluding hydrogens is 1000 g/mol. The van der Waals surface area contributed by atoms with Gasteiger partial charge < -0.3 is 72.5 Å². The molecule has 3 rings (SSSR count). The molecule has 0 radical (unpaired) electrons. The number of carbonyl (C=O) groups excluding carboxylic acids is 8. The number of carboxylic acid groups (broad SMARTS) is 1. The number of nitrogens with one attached hydrogen (secondary N) is 7. The number of fused-ring (bicyclic) bond motifs is 5. The Hall–Kier alpha value is -7.53. The Morgan fingerprint density at radius 2 is 1.19 bits per heavy atom. The van der Waals surface area contributed by atoms with Crippen LogP contribution in [0.15, 0.2) is 36.4 Å². The highest BCUT2D eigenvalue weighted by Gasteiger charge is 2.36. The molecule has 0 aromatic heterocycles. The maximum Gasteiger partial charge on any atom is 0.408 e. The molecule has 0 unspecified atom stereocenters. The summed E-state index contributed by atoms with van der Waals surface area (Å²) in [6, 6.07) is 2.00. The van der Waals surface area contributed by atoms with Gasteiger partial charge in [-0.2, -0.15) is 0 Å². The molecule has 1 aliphatic heterocycles. The minimum Gasteiger partial charge on any atom is -0.508 e. The van der Waals surface area contributed by atoms with E-state index in [2.05, 4.69) is 37.2 Å². The molecule has 428 valence electrons. The van der Waals surface area contributed by atoms with E-state index in [0.29, 0.717) is 11.1 Å². The molecule has 4 bridgehead atoms. The summed E-state index contributed by atoms with van der Waals surface area (Å²) >= 11 is 0. The normalized spacial score (nSPS) is 17.0. The Bertz CT molecular complexity index is 2440. The number of hydrogen-bond acceptors (Lipinski definition) is 14. The monoisotopic (exact) mass is 1080 g/mol. The average Bonchev–Trinajstić information content (AvgIpc) is 3.27. The van der Waals surface area contributed by atoms with Crippen LogP contribution in [-0.2, 0) is 51.0 Å². The van der Waals surface area contributed by atoms with Crippen LogP contribution < -0.4 is 43.0 Å². The topological polar surface area (TPSA) is 355 Å². The Morgan fingerprint density at radius 1 is 0.688 bits per heavy atom. The van der Waals surface area contributed by atoms with E-state index in [9.17, 15) is 58.5 Å². The van der Waals surface area contributed by atoms with Gasteiger partial charge in [0.2, 0.25) is 29.5 Å². The summed E-state index contributed by atoms with van der Waals surface area (Å²) in [7, 11) is 0. The molecule has 1 aliphatic rings. The molecule has 0 fully saturated rings. The van der Waals surface area contributed by atoms with E-state index in [1.807, 2.05) is 0 Å². The van der Waals surface area contributed by atoms with Crippen LogP contribution in [0.5, 0.6) is 11.5 Å². The lowest BCUT2D eigenvalue weighted by Gasteiger charge is -2.40. The van der Waals surface area contributed by atoms with Gasteiger partial charge in [-0.25, -0.2) is 19.2 Å². The molecule has 0 spiro atoms. The van der Waals surface area contributed by atoms with E-state index in [4.69, 9.17) is 19.9 Å². The van der Waals surface area contributed by atoms with Crippen molar-refractivity contribution in [3.8, 4) is 22.6 Å². The van der Waals surface area contributed by atoms with E-state index in [0.717, 1.165) is 4.90 Å². The van der Waals surface area contributed by atoms with Gasteiger partial charge in [0.25, 0.3) is 0 Å². The fourth-order valence-corrected chi connectivity index (χ4v) is 8.11. The summed E-state index contributed by atoms with van der Waals surface area (Å²) in [4.78, 5) is 122. The molecule has 5 atom stereocenters. The van der Waals surface area contributed by atoms with Gasteiger partial charge in [-0.05, 0) is 162 Å². The summed E-state index contributed by atoms with van der Waals surface area (Å²) in [5.41, 5.74) is 3.26. The fraction of sp³-hybridized carbons (Fsp3) is 0.604. The van der Waals surface area contributed by atoms with Crippen LogP contribution in [-0.4, -0.2) is 146 Å². The van der Waals surface area contributed by atoms with Gasteiger partial charge in [0.05, 0.1) is 6.04 Å². The largest absolute Gasteiger partial charge is 0.508 e. The van der Waals surface area contributed by atoms with Crippen molar-refractivity contribution in [2.24, 2.45) is 5.73 Å². The first-order valence-corrected chi connectivity index (χ1v) is 25.6. The number of phenolic OH excluding ortho intramolecular Hbond substituents is 2. The lowest BCUT2D eigenvalue weighted by Crippen LogP contribution is -2.60. The van der Waals surface area contributed by atoms with Crippen molar-refractivity contribution < 1.29 is 72.7 Å². The highest BCUT2D eigenvalue weighted by Crippen LogP contribution is 2.31. The summed E-state index contributed by atoms with van der Waals surface area (Å²) in [5.74, 6) is -5.03. The third kappa shape index (κ3) is 22.7. The number of nitrogens with two attached hydrogens (primary N) is 1. The van der Waals surface area contributed by atoms with E-state index in [1.54, 1.807) is 107 Å². The molecule has 0 aliphatic carbocycles. The Morgan fingerprint density at radius 3 is 1.69 bits per heavy atom. The van der Waals surface area contributed by atoms with Gasteiger partial charge in [0.1, 0.15) is 52.5 Å². The molecule has 24 heteroatoms. The number of nitrogens with zero attached hydrogens (tertiary/aromatic N) is 1. The molecule has 2 aromatic carbocycles. The number of hydrogen-bond donors (Lipinski definition) is 11. The highest BCUT2D eigenvalue weighted by molar-refractivity contribution is 5.96. The Labute approximate surface area is 450 Å². The van der Waals surface area contributed by atoms with Crippen LogP contribution in [0.2, 0.25) is 0 Å². The summed E-state index contributed by atoms with van der Waals surface area (Å²) < 4.78 is 16.1. The number of alkyl carbamates (subject to hydrolysis) is 3. The Balaban J connectivity index is 2.10. The molecule has 77 heavy (non-hydrogen) atoms. The van der Waals surface area contributed by atoms with Gasteiger partial charge in [-0.1, -0.05) is 12.1 Å². The second-order valence-corrected chi connectivity index (χ2v) is 22.8. The van der Waals surface area contributed by atoms with Crippen molar-refractivity contribution in [3.63, 3.8) is 0 Å². The van der Waals surface area contributed by atoms with Crippen LogP contribution in [0.3, 0.4) is 0 Å². The van der Waals surface area contributed by atoms with Crippen LogP contribution in [0.1, 0.15) is 133 Å². The zero-order valence-corrected chi connectivity index (χ0v) is 46.4. The molecule has 1 heterocycles. The third-order valence-electron chi connectivity index (χ3n) is 11.5. The quantitative estimate of drug-likeness (QED) is 0.0730. The first-order valence-electron chi connectivity index (χ1n) is 25.6. The number of carbonyl (C=O) groups is 9. The van der Waals surface area contributed by atoms with Crippen molar-refractivity contribution in [1.82, 2.24) is 42.1 Å². The number of benzene rings is 2. The fourth-order valence-electron chi connectivity index (χ4n) is 8.11. The van der Waals surface area contributed by atoms with Crippen LogP contribution in [0.25, 0.3) is 11.1 Å². The van der Waals surface area contributed by atoms with Gasteiger partial charge in [-0.15, -0.1) is 0 Å². The number of aromatic hydroxyl groups is 2. The van der Waals surface area contributed by atoms with Crippen molar-refractivity contribution in [2.75, 3.05) is 19.6 Å². The lowest BCUT2D eigenvalue weighted by molar-refractivity contribution is -0.134. The number of amides is 9. The van der Waals surface area contributed by atoms with Gasteiger partial charge in [0.15, 0.2) is 0 Å². The average molecular weight is 1080 g/mol. The molecular formula is C53H81N9O15. The first-order chi connectivity index (χ1) is 35.5. The maximum absolute atomic E-state index is 14.7. The van der Waals surface area contributed by atoms with Crippen molar-refractivity contribution in [1.29, 1.82) is 0 Å². The first kappa shape index (κ1) is 63.8. The number of ether oxygens (including phenoxy) is 3. The molecule has 24 nitrogen and oxygen atoms in total. The number of primary amides is 1. The van der Waals surface area contributed by atoms with E-state index in [-0.39, 0.29) is 80.8 Å². The van der Waals surface area contributed by atoms with Gasteiger partial charge >= 0.3 is 24.4 Å². The highest BCUT2D eigenvalue weighted by atomic mass is 16.6. The molecule has 0 saturated heterocycles. The second kappa shape index (κ2) is 27.5. The van der Waals surface area contributed by atoms with Gasteiger partial charge in [0, 0.05) is 44.4 Å². The molecule has 2 aromatic rings. The predicted octanol–water partition coefficient (Wildman–Crippen LogP) is 4.35. The minimum absolute atomic E-state index is 0.0418. The zero-order valence-electron chi connectivity index (χ0n) is 46.4. The van der Waals surface area contributed by atoms with Crippen molar-refractivity contribution in [2.45, 2.75) is 187 Å². The van der Waals surface area contributed by atoms with Crippen LogP contribution >= 0.6 is 0 Å². The summed E-state index contributed by atoms with van der Waals surface area (Å²) in [6.45, 7) is 19.8. The summed E-state index contributed by atoms with van der Waals surface area (Å²) in [6.07, 6.45) is -4.90. The smallest absolute Gasteiger partial charge is 0.408 e. The van der Waals surface area contributed by atoms with Crippen molar-refractivity contribution >= 4 is 53.9 Å².